The average Bonchev–Trinajstić information content (AvgIpc) is 2.56. The van der Waals surface area contributed by atoms with Crippen molar-refractivity contribution in [3.8, 4) is 16.9 Å². The summed E-state index contributed by atoms with van der Waals surface area (Å²) < 4.78 is 0. The molecule has 110 valence electrons. The van der Waals surface area contributed by atoms with Crippen molar-refractivity contribution in [2.75, 3.05) is 0 Å². The zero-order valence-corrected chi connectivity index (χ0v) is 12.2. The number of nitrogens with zero attached hydrogens (tertiary/aromatic N) is 1. The first-order valence-corrected chi connectivity index (χ1v) is 7.27. The molecule has 0 aliphatic carbocycles. The second-order valence-corrected chi connectivity index (χ2v) is 5.32. The van der Waals surface area contributed by atoms with E-state index in [1.807, 2.05) is 42.5 Å². The Morgan fingerprint density at radius 2 is 1.68 bits per heavy atom. The van der Waals surface area contributed by atoms with Crippen LogP contribution in [0.4, 0.5) is 0 Å². The van der Waals surface area contributed by atoms with Gasteiger partial charge in [0.2, 0.25) is 0 Å². The first-order valence-electron chi connectivity index (χ1n) is 7.27. The van der Waals surface area contributed by atoms with Gasteiger partial charge in [-0.2, -0.15) is 0 Å². The fraction of sp³-hybridized carbons (Fsp3) is 0.105. The van der Waals surface area contributed by atoms with E-state index in [9.17, 15) is 5.11 Å². The molecule has 0 amide bonds. The van der Waals surface area contributed by atoms with Crippen LogP contribution in [0.25, 0.3) is 11.1 Å². The Labute approximate surface area is 130 Å². The quantitative estimate of drug-likeness (QED) is 0.770. The van der Waals surface area contributed by atoms with E-state index in [4.69, 9.17) is 5.73 Å². The van der Waals surface area contributed by atoms with Crippen LogP contribution in [0.15, 0.2) is 72.9 Å². The first kappa shape index (κ1) is 14.3. The van der Waals surface area contributed by atoms with Crippen molar-refractivity contribution in [3.63, 3.8) is 0 Å². The Hall–Kier alpha value is -2.65. The molecule has 3 nitrogen and oxygen atoms in total. The van der Waals surface area contributed by atoms with Crippen LogP contribution in [-0.2, 0) is 6.42 Å². The summed E-state index contributed by atoms with van der Waals surface area (Å²) in [5.41, 5.74) is 10.3. The van der Waals surface area contributed by atoms with Crippen molar-refractivity contribution >= 4 is 0 Å². The molecule has 1 unspecified atom stereocenters. The van der Waals surface area contributed by atoms with Crippen LogP contribution >= 0.6 is 0 Å². The molecule has 0 aliphatic rings. The first-order chi connectivity index (χ1) is 10.7. The highest BCUT2D eigenvalue weighted by Gasteiger charge is 2.10. The predicted molar refractivity (Wildman–Crippen MR) is 88.4 cm³/mol. The van der Waals surface area contributed by atoms with E-state index in [0.29, 0.717) is 0 Å². The molecule has 0 spiro atoms. The number of phenols is 1. The van der Waals surface area contributed by atoms with Crippen molar-refractivity contribution in [2.24, 2.45) is 5.73 Å². The van der Waals surface area contributed by atoms with Gasteiger partial charge in [-0.15, -0.1) is 0 Å². The maximum atomic E-state index is 9.61. The highest BCUT2D eigenvalue weighted by Crippen LogP contribution is 2.25. The summed E-state index contributed by atoms with van der Waals surface area (Å²) in [7, 11) is 0. The third kappa shape index (κ3) is 3.32. The van der Waals surface area contributed by atoms with E-state index in [1.54, 1.807) is 18.3 Å². The van der Waals surface area contributed by atoms with E-state index in [2.05, 4.69) is 17.1 Å². The predicted octanol–water partition coefficient (Wildman–Crippen LogP) is 3.70. The number of benzene rings is 2. The second-order valence-electron chi connectivity index (χ2n) is 5.32. The van der Waals surface area contributed by atoms with E-state index < -0.39 is 0 Å². The van der Waals surface area contributed by atoms with Crippen molar-refractivity contribution in [1.29, 1.82) is 0 Å². The number of pyridine rings is 1. The van der Waals surface area contributed by atoms with Crippen LogP contribution in [-0.4, -0.2) is 10.1 Å². The van der Waals surface area contributed by atoms with Crippen LogP contribution in [0.2, 0.25) is 0 Å². The molecule has 0 saturated heterocycles. The van der Waals surface area contributed by atoms with E-state index in [-0.39, 0.29) is 11.8 Å². The smallest absolute Gasteiger partial charge is 0.116 e. The number of nitrogens with two attached hydrogens (primary N) is 1. The molecular weight excluding hydrogens is 272 g/mol. The minimum atomic E-state index is -0.153. The van der Waals surface area contributed by atoms with E-state index >= 15 is 0 Å². The Balaban J connectivity index is 1.84. The Morgan fingerprint density at radius 3 is 2.45 bits per heavy atom. The van der Waals surface area contributed by atoms with Gasteiger partial charge in [0.05, 0.1) is 11.7 Å². The van der Waals surface area contributed by atoms with Crippen molar-refractivity contribution in [2.45, 2.75) is 12.5 Å². The van der Waals surface area contributed by atoms with Gasteiger partial charge in [0.25, 0.3) is 0 Å². The lowest BCUT2D eigenvalue weighted by Gasteiger charge is -2.12. The Kier molecular flexibility index (Phi) is 4.17. The zero-order valence-electron chi connectivity index (χ0n) is 12.2. The third-order valence-electron chi connectivity index (χ3n) is 3.64. The van der Waals surface area contributed by atoms with Crippen LogP contribution in [0, 0.1) is 0 Å². The molecule has 3 rings (SSSR count). The lowest BCUT2D eigenvalue weighted by molar-refractivity contribution is 0.475. The van der Waals surface area contributed by atoms with Crippen molar-refractivity contribution in [1.82, 2.24) is 4.98 Å². The summed E-state index contributed by atoms with van der Waals surface area (Å²) in [5.74, 6) is 0.254. The molecule has 2 aromatic carbocycles. The molecule has 0 aliphatic heterocycles. The van der Waals surface area contributed by atoms with Crippen LogP contribution in [0.5, 0.6) is 5.75 Å². The molecule has 1 heterocycles. The van der Waals surface area contributed by atoms with Gasteiger partial charge in [0.15, 0.2) is 0 Å². The Morgan fingerprint density at radius 1 is 0.909 bits per heavy atom. The van der Waals surface area contributed by atoms with Crippen LogP contribution < -0.4 is 5.73 Å². The maximum absolute atomic E-state index is 9.61. The normalized spacial score (nSPS) is 12.0. The summed E-state index contributed by atoms with van der Waals surface area (Å²) in [6.07, 6.45) is 2.51. The topological polar surface area (TPSA) is 59.1 Å². The fourth-order valence-electron chi connectivity index (χ4n) is 2.49. The number of phenolic OH excluding ortho intramolecular Hbond substituents is 1. The van der Waals surface area contributed by atoms with Gasteiger partial charge >= 0.3 is 0 Å². The summed E-state index contributed by atoms with van der Waals surface area (Å²) in [5, 5.41) is 9.61. The third-order valence-corrected chi connectivity index (χ3v) is 3.64. The molecule has 0 saturated carbocycles. The van der Waals surface area contributed by atoms with Crippen LogP contribution in [0.1, 0.15) is 17.3 Å². The molecule has 3 N–H and O–H groups in total. The number of hydrogen-bond acceptors (Lipinski definition) is 3. The standard InChI is InChI=1S/C19H18N2O/c20-18(11-14-5-2-1-3-6-14)19-13-16(9-10-21-19)15-7-4-8-17(22)12-15/h1-10,12-13,18,22H,11,20H2. The van der Waals surface area contributed by atoms with E-state index in [0.717, 1.165) is 23.2 Å². The zero-order chi connectivity index (χ0) is 15.4. The summed E-state index contributed by atoms with van der Waals surface area (Å²) in [6, 6.07) is 21.1. The fourth-order valence-corrected chi connectivity index (χ4v) is 2.49. The van der Waals surface area contributed by atoms with Crippen molar-refractivity contribution < 1.29 is 5.11 Å². The van der Waals surface area contributed by atoms with Gasteiger partial charge < -0.3 is 10.8 Å². The number of rotatable bonds is 4. The van der Waals surface area contributed by atoms with Gasteiger partial charge in [-0.25, -0.2) is 0 Å². The van der Waals surface area contributed by atoms with Gasteiger partial charge in [-0.3, -0.25) is 4.98 Å². The monoisotopic (exact) mass is 290 g/mol. The molecular formula is C19H18N2O. The molecule has 0 fully saturated rings. The molecule has 0 bridgehead atoms. The molecule has 3 heteroatoms. The summed E-state index contributed by atoms with van der Waals surface area (Å²) in [4.78, 5) is 4.40. The lowest BCUT2D eigenvalue weighted by atomic mass is 10.0. The van der Waals surface area contributed by atoms with Gasteiger partial charge in [-0.05, 0) is 47.4 Å². The summed E-state index contributed by atoms with van der Waals surface area (Å²) >= 11 is 0. The van der Waals surface area contributed by atoms with Gasteiger partial charge in [-0.1, -0.05) is 42.5 Å². The number of aromatic hydroxyl groups is 1. The molecule has 3 aromatic rings. The van der Waals surface area contributed by atoms with Crippen LogP contribution in [0.3, 0.4) is 0 Å². The molecule has 1 aromatic heterocycles. The van der Waals surface area contributed by atoms with Gasteiger partial charge in [0.1, 0.15) is 5.75 Å². The molecule has 0 radical (unpaired) electrons. The maximum Gasteiger partial charge on any atom is 0.116 e. The average molecular weight is 290 g/mol. The van der Waals surface area contributed by atoms with E-state index in [1.165, 1.54) is 5.56 Å². The van der Waals surface area contributed by atoms with Crippen molar-refractivity contribution in [3.05, 3.63) is 84.2 Å². The summed E-state index contributed by atoms with van der Waals surface area (Å²) in [6.45, 7) is 0. The lowest BCUT2D eigenvalue weighted by Crippen LogP contribution is -2.14. The highest BCUT2D eigenvalue weighted by atomic mass is 16.3. The second kappa shape index (κ2) is 6.41. The largest absolute Gasteiger partial charge is 0.508 e. The number of hydrogen-bond donors (Lipinski definition) is 2. The number of aromatic nitrogens is 1. The highest BCUT2D eigenvalue weighted by molar-refractivity contribution is 5.65. The minimum absolute atomic E-state index is 0.153. The minimum Gasteiger partial charge on any atom is -0.508 e. The van der Waals surface area contributed by atoms with Gasteiger partial charge in [0, 0.05) is 6.20 Å². The SMILES string of the molecule is NC(Cc1ccccc1)c1cc(-c2cccc(O)c2)ccn1. The molecule has 22 heavy (non-hydrogen) atoms. The molecule has 1 atom stereocenters. The Bertz CT molecular complexity index is 756.